The summed E-state index contributed by atoms with van der Waals surface area (Å²) in [5.41, 5.74) is 1.55. The lowest BCUT2D eigenvalue weighted by Gasteiger charge is -2.19. The van der Waals surface area contributed by atoms with Crippen molar-refractivity contribution >= 4 is 11.6 Å². The summed E-state index contributed by atoms with van der Waals surface area (Å²) in [6.45, 7) is 6.79. The van der Waals surface area contributed by atoms with Gasteiger partial charge in [-0.25, -0.2) is 0 Å². The lowest BCUT2D eigenvalue weighted by atomic mass is 9.93. The summed E-state index contributed by atoms with van der Waals surface area (Å²) in [7, 11) is 0. The zero-order chi connectivity index (χ0) is 13.9. The number of rotatable bonds is 3. The molecule has 1 saturated heterocycles. The van der Waals surface area contributed by atoms with Crippen LogP contribution in [0.25, 0.3) is 0 Å². The molecule has 4 nitrogen and oxygen atoms in total. The number of likely N-dealkylation sites (tertiary alicyclic amines) is 1. The van der Waals surface area contributed by atoms with Gasteiger partial charge < -0.3 is 5.32 Å². The van der Waals surface area contributed by atoms with Crippen molar-refractivity contribution < 1.29 is 4.79 Å². The van der Waals surface area contributed by atoms with Gasteiger partial charge in [-0.15, -0.1) is 0 Å². The molecule has 0 radical (unpaired) electrons. The Morgan fingerprint density at radius 3 is 2.95 bits per heavy atom. The molecule has 0 atom stereocenters. The molecule has 2 rings (SSSR count). The fraction of sp³-hybridized carbons (Fsp3) is 0.467. The van der Waals surface area contributed by atoms with Crippen molar-refractivity contribution in [1.29, 1.82) is 5.26 Å². The first-order chi connectivity index (χ1) is 8.98. The smallest absolute Gasteiger partial charge is 0.238 e. The molecule has 1 amide bonds. The molecular formula is C15H19N3O. The van der Waals surface area contributed by atoms with Crippen molar-refractivity contribution in [3.63, 3.8) is 0 Å². The largest absolute Gasteiger partial charge is 0.325 e. The number of hydrogen-bond acceptors (Lipinski definition) is 3. The number of hydrogen-bond donors (Lipinski definition) is 1. The van der Waals surface area contributed by atoms with E-state index in [1.54, 1.807) is 24.3 Å². The molecule has 1 aliphatic rings. The fourth-order valence-electron chi connectivity index (χ4n) is 2.43. The summed E-state index contributed by atoms with van der Waals surface area (Å²) >= 11 is 0. The zero-order valence-electron chi connectivity index (χ0n) is 11.4. The number of benzene rings is 1. The van der Waals surface area contributed by atoms with Gasteiger partial charge in [-0.05, 0) is 36.6 Å². The average molecular weight is 257 g/mol. The number of nitrogens with zero attached hydrogens (tertiary/aromatic N) is 2. The maximum atomic E-state index is 11.9. The minimum atomic E-state index is -0.0206. The van der Waals surface area contributed by atoms with E-state index < -0.39 is 0 Å². The molecule has 0 unspecified atom stereocenters. The normalized spacial score (nSPS) is 17.9. The van der Waals surface area contributed by atoms with Gasteiger partial charge in [-0.3, -0.25) is 9.69 Å². The molecule has 0 bridgehead atoms. The van der Waals surface area contributed by atoms with E-state index in [2.05, 4.69) is 30.1 Å². The van der Waals surface area contributed by atoms with Crippen molar-refractivity contribution in [2.75, 3.05) is 25.0 Å². The SMILES string of the molecule is CC1(C)CCN(CC(=O)Nc2cccc(C#N)c2)C1. The predicted molar refractivity (Wildman–Crippen MR) is 74.6 cm³/mol. The van der Waals surface area contributed by atoms with Crippen molar-refractivity contribution in [2.45, 2.75) is 20.3 Å². The molecule has 4 heteroatoms. The zero-order valence-corrected chi connectivity index (χ0v) is 11.4. The summed E-state index contributed by atoms with van der Waals surface area (Å²) in [6.07, 6.45) is 1.13. The van der Waals surface area contributed by atoms with Crippen molar-refractivity contribution in [3.05, 3.63) is 29.8 Å². The number of carbonyl (C=O) groups is 1. The third-order valence-electron chi connectivity index (χ3n) is 3.40. The van der Waals surface area contributed by atoms with Gasteiger partial charge in [0.05, 0.1) is 18.2 Å². The molecule has 1 aromatic rings. The van der Waals surface area contributed by atoms with Gasteiger partial charge in [-0.2, -0.15) is 5.26 Å². The highest BCUT2D eigenvalue weighted by Crippen LogP contribution is 2.28. The first-order valence-electron chi connectivity index (χ1n) is 6.51. The summed E-state index contributed by atoms with van der Waals surface area (Å²) in [4.78, 5) is 14.1. The number of carbonyl (C=O) groups excluding carboxylic acids is 1. The van der Waals surface area contributed by atoms with Gasteiger partial charge in [0.15, 0.2) is 0 Å². The van der Waals surface area contributed by atoms with Gasteiger partial charge in [-0.1, -0.05) is 19.9 Å². The van der Waals surface area contributed by atoms with Crippen molar-refractivity contribution in [2.24, 2.45) is 5.41 Å². The molecule has 0 aromatic heterocycles. The van der Waals surface area contributed by atoms with Crippen LogP contribution in [0.15, 0.2) is 24.3 Å². The van der Waals surface area contributed by atoms with Gasteiger partial charge in [0.2, 0.25) is 5.91 Å². The van der Waals surface area contributed by atoms with Crippen LogP contribution in [0.1, 0.15) is 25.8 Å². The Hall–Kier alpha value is -1.86. The van der Waals surface area contributed by atoms with Crippen LogP contribution in [-0.4, -0.2) is 30.4 Å². The number of nitrogens with one attached hydrogen (secondary N) is 1. The molecule has 1 aromatic carbocycles. The second-order valence-corrected chi connectivity index (χ2v) is 5.87. The summed E-state index contributed by atoms with van der Waals surface area (Å²) in [5.74, 6) is -0.0206. The summed E-state index contributed by atoms with van der Waals surface area (Å²) in [6, 6.07) is 9.04. The molecule has 1 N–H and O–H groups in total. The van der Waals surface area contributed by atoms with Crippen LogP contribution in [-0.2, 0) is 4.79 Å². The molecule has 0 saturated carbocycles. The van der Waals surface area contributed by atoms with Crippen LogP contribution < -0.4 is 5.32 Å². The van der Waals surface area contributed by atoms with Crippen LogP contribution in [0.5, 0.6) is 0 Å². The Morgan fingerprint density at radius 2 is 2.32 bits per heavy atom. The van der Waals surface area contributed by atoms with Crippen LogP contribution in [0.4, 0.5) is 5.69 Å². The minimum absolute atomic E-state index is 0.0206. The van der Waals surface area contributed by atoms with E-state index >= 15 is 0 Å². The van der Waals surface area contributed by atoms with Crippen LogP contribution in [0, 0.1) is 16.7 Å². The second kappa shape index (κ2) is 5.41. The second-order valence-electron chi connectivity index (χ2n) is 5.87. The molecule has 1 fully saturated rings. The van der Waals surface area contributed by atoms with E-state index in [1.165, 1.54) is 0 Å². The highest BCUT2D eigenvalue weighted by atomic mass is 16.2. The molecule has 100 valence electrons. The number of nitriles is 1. The Labute approximate surface area is 114 Å². The summed E-state index contributed by atoms with van der Waals surface area (Å²) in [5, 5.41) is 11.7. The molecule has 0 aliphatic carbocycles. The summed E-state index contributed by atoms with van der Waals surface area (Å²) < 4.78 is 0. The molecule has 1 aliphatic heterocycles. The Balaban J connectivity index is 1.90. The Bertz CT molecular complexity index is 516. The van der Waals surface area contributed by atoms with Gasteiger partial charge >= 0.3 is 0 Å². The molecule has 0 spiro atoms. The highest BCUT2D eigenvalue weighted by molar-refractivity contribution is 5.92. The first kappa shape index (κ1) is 13.6. The van der Waals surface area contributed by atoms with Gasteiger partial charge in [0.1, 0.15) is 0 Å². The van der Waals surface area contributed by atoms with E-state index in [9.17, 15) is 4.79 Å². The van der Waals surface area contributed by atoms with E-state index in [0.717, 1.165) is 19.5 Å². The van der Waals surface area contributed by atoms with Gasteiger partial charge in [0.25, 0.3) is 0 Å². The third kappa shape index (κ3) is 3.80. The van der Waals surface area contributed by atoms with Crippen LogP contribution >= 0.6 is 0 Å². The predicted octanol–water partition coefficient (Wildman–Crippen LogP) is 2.23. The van der Waals surface area contributed by atoms with E-state index in [1.807, 2.05) is 0 Å². The van der Waals surface area contributed by atoms with Crippen LogP contribution in [0.3, 0.4) is 0 Å². The fourth-order valence-corrected chi connectivity index (χ4v) is 2.43. The maximum Gasteiger partial charge on any atom is 0.238 e. The van der Waals surface area contributed by atoms with Crippen LogP contribution in [0.2, 0.25) is 0 Å². The van der Waals surface area contributed by atoms with E-state index in [0.29, 0.717) is 23.2 Å². The molecule has 1 heterocycles. The topological polar surface area (TPSA) is 56.1 Å². The third-order valence-corrected chi connectivity index (χ3v) is 3.40. The monoisotopic (exact) mass is 257 g/mol. The standard InChI is InChI=1S/C15H19N3O/c1-15(2)6-7-18(11-15)10-14(19)17-13-5-3-4-12(8-13)9-16/h3-5,8H,6-7,10-11H2,1-2H3,(H,17,19). The molecular weight excluding hydrogens is 238 g/mol. The minimum Gasteiger partial charge on any atom is -0.325 e. The average Bonchev–Trinajstić information content (AvgIpc) is 2.68. The molecule has 19 heavy (non-hydrogen) atoms. The van der Waals surface area contributed by atoms with Crippen molar-refractivity contribution in [1.82, 2.24) is 4.90 Å². The highest BCUT2D eigenvalue weighted by Gasteiger charge is 2.29. The first-order valence-corrected chi connectivity index (χ1v) is 6.51. The Kier molecular flexibility index (Phi) is 3.87. The lowest BCUT2D eigenvalue weighted by molar-refractivity contribution is -0.117. The Morgan fingerprint density at radius 1 is 1.53 bits per heavy atom. The van der Waals surface area contributed by atoms with Gasteiger partial charge in [0, 0.05) is 12.2 Å². The number of anilines is 1. The maximum absolute atomic E-state index is 11.9. The van der Waals surface area contributed by atoms with E-state index in [-0.39, 0.29) is 5.91 Å². The van der Waals surface area contributed by atoms with Crippen molar-refractivity contribution in [3.8, 4) is 6.07 Å². The lowest BCUT2D eigenvalue weighted by Crippen LogP contribution is -2.32. The van der Waals surface area contributed by atoms with E-state index in [4.69, 9.17) is 5.26 Å². The number of amides is 1. The quantitative estimate of drug-likeness (QED) is 0.903.